The van der Waals surface area contributed by atoms with Gasteiger partial charge in [0.05, 0.1) is 24.3 Å². The van der Waals surface area contributed by atoms with E-state index in [9.17, 15) is 10.2 Å². The van der Waals surface area contributed by atoms with Crippen molar-refractivity contribution in [3.8, 4) is 0 Å². The lowest BCUT2D eigenvalue weighted by Crippen LogP contribution is -2.47. The molecule has 3 aromatic carbocycles. The first-order chi connectivity index (χ1) is 17.7. The van der Waals surface area contributed by atoms with E-state index in [-0.39, 0.29) is 13.2 Å². The Balaban J connectivity index is 1.40. The maximum atomic E-state index is 10.2. The number of nitrogens with zero attached hydrogens (tertiary/aromatic N) is 2. The molecule has 4 aromatic rings. The monoisotopic (exact) mass is 502 g/mol. The summed E-state index contributed by atoms with van der Waals surface area (Å²) in [6, 6.07) is 24.0. The molecule has 36 heavy (non-hydrogen) atoms. The van der Waals surface area contributed by atoms with E-state index in [2.05, 4.69) is 22.8 Å². The Morgan fingerprint density at radius 3 is 2.25 bits per heavy atom. The molecule has 186 valence electrons. The summed E-state index contributed by atoms with van der Waals surface area (Å²) in [7, 11) is 0. The van der Waals surface area contributed by atoms with Crippen molar-refractivity contribution in [3.63, 3.8) is 0 Å². The SMILES string of the molecule is OCc1ccccc1Sc1ccccc1CNc1nc(NC2(CO)CCOCC2)c2ccccc2n1. The van der Waals surface area contributed by atoms with Crippen LogP contribution < -0.4 is 10.6 Å². The van der Waals surface area contributed by atoms with Gasteiger partial charge in [-0.2, -0.15) is 4.98 Å². The topological polar surface area (TPSA) is 99.5 Å². The molecule has 0 bridgehead atoms. The van der Waals surface area contributed by atoms with Crippen molar-refractivity contribution in [2.24, 2.45) is 0 Å². The molecule has 0 radical (unpaired) electrons. The molecule has 1 aliphatic heterocycles. The van der Waals surface area contributed by atoms with E-state index in [1.54, 1.807) is 11.8 Å². The molecular weight excluding hydrogens is 472 g/mol. The molecule has 1 fully saturated rings. The van der Waals surface area contributed by atoms with Gasteiger partial charge in [0.2, 0.25) is 5.95 Å². The maximum Gasteiger partial charge on any atom is 0.225 e. The second-order valence-electron chi connectivity index (χ2n) is 8.92. The molecule has 2 heterocycles. The van der Waals surface area contributed by atoms with E-state index in [1.165, 1.54) is 0 Å². The average molecular weight is 503 g/mol. The summed E-state index contributed by atoms with van der Waals surface area (Å²) in [5, 5.41) is 27.8. The first-order valence-corrected chi connectivity index (χ1v) is 12.9. The molecule has 0 amide bonds. The van der Waals surface area contributed by atoms with Crippen LogP contribution in [-0.4, -0.2) is 45.5 Å². The van der Waals surface area contributed by atoms with Crippen LogP contribution in [0.3, 0.4) is 0 Å². The Bertz CT molecular complexity index is 1330. The first kappa shape index (κ1) is 24.5. The van der Waals surface area contributed by atoms with Crippen LogP contribution in [0.15, 0.2) is 82.6 Å². The zero-order valence-electron chi connectivity index (χ0n) is 20.0. The third-order valence-electron chi connectivity index (χ3n) is 6.51. The number of aliphatic hydroxyl groups is 2. The molecule has 4 N–H and O–H groups in total. The van der Waals surface area contributed by atoms with Crippen LogP contribution in [0.25, 0.3) is 10.9 Å². The predicted octanol–water partition coefficient (Wildman–Crippen LogP) is 4.84. The second-order valence-corrected chi connectivity index (χ2v) is 10.0. The molecule has 0 spiro atoms. The molecule has 1 aliphatic rings. The van der Waals surface area contributed by atoms with E-state index in [0.717, 1.165) is 31.8 Å². The van der Waals surface area contributed by atoms with Crippen LogP contribution in [0.5, 0.6) is 0 Å². The lowest BCUT2D eigenvalue weighted by molar-refractivity contribution is 0.0379. The lowest BCUT2D eigenvalue weighted by atomic mass is 9.91. The van der Waals surface area contributed by atoms with Gasteiger partial charge in [-0.3, -0.25) is 0 Å². The van der Waals surface area contributed by atoms with Gasteiger partial charge in [0.15, 0.2) is 0 Å². The highest BCUT2D eigenvalue weighted by molar-refractivity contribution is 7.99. The third kappa shape index (κ3) is 5.47. The normalized spacial score (nSPS) is 15.1. The molecule has 0 unspecified atom stereocenters. The maximum absolute atomic E-state index is 10.2. The van der Waals surface area contributed by atoms with Gasteiger partial charge >= 0.3 is 0 Å². The minimum atomic E-state index is -0.462. The van der Waals surface area contributed by atoms with Crippen LogP contribution >= 0.6 is 11.8 Å². The van der Waals surface area contributed by atoms with Gasteiger partial charge in [-0.25, -0.2) is 4.98 Å². The summed E-state index contributed by atoms with van der Waals surface area (Å²) < 4.78 is 5.52. The number of hydrogen-bond acceptors (Lipinski definition) is 8. The van der Waals surface area contributed by atoms with Crippen LogP contribution in [-0.2, 0) is 17.9 Å². The van der Waals surface area contributed by atoms with E-state index >= 15 is 0 Å². The summed E-state index contributed by atoms with van der Waals surface area (Å²) in [5.41, 5.74) is 2.38. The van der Waals surface area contributed by atoms with Gasteiger partial charge in [-0.1, -0.05) is 60.3 Å². The number of fused-ring (bicyclic) bond motifs is 1. The number of aliphatic hydroxyl groups excluding tert-OH is 2. The van der Waals surface area contributed by atoms with E-state index in [0.29, 0.717) is 44.4 Å². The van der Waals surface area contributed by atoms with Crippen molar-refractivity contribution < 1.29 is 14.9 Å². The van der Waals surface area contributed by atoms with Crippen molar-refractivity contribution in [2.75, 3.05) is 30.5 Å². The molecule has 0 aliphatic carbocycles. The highest BCUT2D eigenvalue weighted by atomic mass is 32.2. The van der Waals surface area contributed by atoms with Crippen LogP contribution in [0.1, 0.15) is 24.0 Å². The number of para-hydroxylation sites is 1. The van der Waals surface area contributed by atoms with Gasteiger partial charge < -0.3 is 25.6 Å². The van der Waals surface area contributed by atoms with Crippen molar-refractivity contribution in [1.82, 2.24) is 9.97 Å². The molecule has 5 rings (SSSR count). The molecular formula is C28H30N4O3S. The van der Waals surface area contributed by atoms with Gasteiger partial charge in [-0.05, 0) is 48.2 Å². The Labute approximate surface area is 215 Å². The quantitative estimate of drug-likeness (QED) is 0.258. The summed E-state index contributed by atoms with van der Waals surface area (Å²) in [6.07, 6.45) is 1.43. The number of nitrogens with one attached hydrogen (secondary N) is 2. The molecule has 7 nitrogen and oxygen atoms in total. The third-order valence-corrected chi connectivity index (χ3v) is 7.75. The molecule has 0 saturated carbocycles. The Kier molecular flexibility index (Phi) is 7.67. The number of hydrogen-bond donors (Lipinski definition) is 4. The minimum Gasteiger partial charge on any atom is -0.394 e. The number of rotatable bonds is 9. The highest BCUT2D eigenvalue weighted by Crippen LogP contribution is 2.34. The van der Waals surface area contributed by atoms with Crippen molar-refractivity contribution in [2.45, 2.75) is 41.3 Å². The Morgan fingerprint density at radius 2 is 1.50 bits per heavy atom. The van der Waals surface area contributed by atoms with Gasteiger partial charge in [-0.15, -0.1) is 0 Å². The van der Waals surface area contributed by atoms with Crippen LogP contribution in [0, 0.1) is 0 Å². The standard InChI is InChI=1S/C28H30N4O3S/c33-18-21-8-2-6-12-25(21)36-24-11-5-1-7-20(24)17-29-27-30-23-10-4-3-9-22(23)26(31-27)32-28(19-34)13-15-35-16-14-28/h1-12,33-34H,13-19H2,(H2,29,30,31,32). The lowest BCUT2D eigenvalue weighted by Gasteiger charge is -2.37. The van der Waals surface area contributed by atoms with Gasteiger partial charge in [0, 0.05) is 34.9 Å². The number of anilines is 2. The van der Waals surface area contributed by atoms with E-state index < -0.39 is 5.54 Å². The largest absolute Gasteiger partial charge is 0.394 e. The van der Waals surface area contributed by atoms with Gasteiger partial charge in [0.25, 0.3) is 0 Å². The smallest absolute Gasteiger partial charge is 0.225 e. The first-order valence-electron chi connectivity index (χ1n) is 12.1. The summed E-state index contributed by atoms with van der Waals surface area (Å²) >= 11 is 1.64. The fourth-order valence-corrected chi connectivity index (χ4v) is 5.43. The zero-order valence-corrected chi connectivity index (χ0v) is 20.8. The average Bonchev–Trinajstić information content (AvgIpc) is 2.93. The summed E-state index contributed by atoms with van der Waals surface area (Å²) in [6.45, 7) is 1.77. The number of ether oxygens (including phenoxy) is 1. The van der Waals surface area contributed by atoms with Gasteiger partial charge in [0.1, 0.15) is 5.82 Å². The Morgan fingerprint density at radius 1 is 0.833 bits per heavy atom. The molecule has 8 heteroatoms. The van der Waals surface area contributed by atoms with Crippen LogP contribution in [0.4, 0.5) is 11.8 Å². The van der Waals surface area contributed by atoms with E-state index in [4.69, 9.17) is 14.7 Å². The van der Waals surface area contributed by atoms with Crippen molar-refractivity contribution in [1.29, 1.82) is 0 Å². The fourth-order valence-electron chi connectivity index (χ4n) is 4.36. The van der Waals surface area contributed by atoms with E-state index in [1.807, 2.05) is 60.7 Å². The fraction of sp³-hybridized carbons (Fsp3) is 0.286. The molecule has 1 saturated heterocycles. The second kappa shape index (κ2) is 11.3. The number of aromatic nitrogens is 2. The predicted molar refractivity (Wildman–Crippen MR) is 143 cm³/mol. The number of benzene rings is 3. The van der Waals surface area contributed by atoms with Crippen molar-refractivity contribution in [3.05, 3.63) is 83.9 Å². The van der Waals surface area contributed by atoms with Crippen LogP contribution in [0.2, 0.25) is 0 Å². The zero-order chi connectivity index (χ0) is 24.8. The highest BCUT2D eigenvalue weighted by Gasteiger charge is 2.33. The van der Waals surface area contributed by atoms with Crippen molar-refractivity contribution >= 4 is 34.4 Å². The minimum absolute atomic E-state index is 0.00571. The molecule has 0 atom stereocenters. The summed E-state index contributed by atoms with van der Waals surface area (Å²) in [4.78, 5) is 11.7. The molecule has 1 aromatic heterocycles. The Hall–Kier alpha value is -3.17. The summed E-state index contributed by atoms with van der Waals surface area (Å²) in [5.74, 6) is 1.23.